The predicted molar refractivity (Wildman–Crippen MR) is 115 cm³/mol. The Kier molecular flexibility index (Phi) is 5.67. The number of nitrogens with zero attached hydrogens (tertiary/aromatic N) is 4. The normalized spacial score (nSPS) is 10.7. The van der Waals surface area contributed by atoms with Crippen LogP contribution >= 0.6 is 11.8 Å². The van der Waals surface area contributed by atoms with Gasteiger partial charge in [-0.1, -0.05) is 60.3 Å². The zero-order valence-electron chi connectivity index (χ0n) is 15.7. The summed E-state index contributed by atoms with van der Waals surface area (Å²) in [5.74, 6) is 0.765. The first-order valence-corrected chi connectivity index (χ1v) is 10.1. The molecule has 7 nitrogen and oxygen atoms in total. The molecule has 1 heterocycles. The van der Waals surface area contributed by atoms with Crippen molar-refractivity contribution in [3.8, 4) is 17.1 Å². The highest BCUT2D eigenvalue weighted by Gasteiger charge is 2.18. The van der Waals surface area contributed by atoms with E-state index in [0.29, 0.717) is 22.1 Å². The van der Waals surface area contributed by atoms with Gasteiger partial charge >= 0.3 is 0 Å². The van der Waals surface area contributed by atoms with Crippen molar-refractivity contribution in [2.24, 2.45) is 0 Å². The second kappa shape index (κ2) is 8.71. The number of para-hydroxylation sites is 1. The van der Waals surface area contributed by atoms with Crippen LogP contribution in [0.2, 0.25) is 0 Å². The van der Waals surface area contributed by atoms with Crippen LogP contribution in [0.25, 0.3) is 17.1 Å². The molecule has 1 aromatic heterocycles. The van der Waals surface area contributed by atoms with Crippen LogP contribution < -0.4 is 0 Å². The fourth-order valence-corrected chi connectivity index (χ4v) is 3.78. The van der Waals surface area contributed by atoms with Gasteiger partial charge in [-0.2, -0.15) is 0 Å². The standard InChI is InChI=1S/C22H16N4O3S/c27-20(16-7-3-1-4-8-16)15-30-22-24-23-21(25(22)18-9-5-2-6-10-18)17-11-13-19(14-12-17)26(28)29/h1-14H,15H2. The fraction of sp³-hybridized carbons (Fsp3) is 0.0455. The zero-order valence-corrected chi connectivity index (χ0v) is 16.5. The maximum Gasteiger partial charge on any atom is 0.269 e. The first kappa shape index (κ1) is 19.5. The Bertz CT molecular complexity index is 1180. The molecule has 0 saturated carbocycles. The molecule has 0 aliphatic heterocycles. The Labute approximate surface area is 176 Å². The van der Waals surface area contributed by atoms with E-state index in [0.717, 1.165) is 5.69 Å². The molecule has 0 radical (unpaired) electrons. The molecule has 0 aliphatic rings. The summed E-state index contributed by atoms with van der Waals surface area (Å²) in [6.07, 6.45) is 0. The molecule has 0 bridgehead atoms. The van der Waals surface area contributed by atoms with Crippen molar-refractivity contribution in [2.45, 2.75) is 5.16 Å². The molecular formula is C22H16N4O3S. The molecule has 0 fully saturated rings. The smallest absolute Gasteiger partial charge is 0.269 e. The third-order valence-corrected chi connectivity index (χ3v) is 5.34. The van der Waals surface area contributed by atoms with Crippen molar-refractivity contribution in [1.29, 1.82) is 0 Å². The predicted octanol–water partition coefficient (Wildman–Crippen LogP) is 4.82. The van der Waals surface area contributed by atoms with Gasteiger partial charge in [-0.3, -0.25) is 19.5 Å². The first-order valence-electron chi connectivity index (χ1n) is 9.10. The summed E-state index contributed by atoms with van der Waals surface area (Å²) in [4.78, 5) is 23.0. The quantitative estimate of drug-likeness (QED) is 0.186. The minimum Gasteiger partial charge on any atom is -0.293 e. The van der Waals surface area contributed by atoms with Crippen LogP contribution in [0.5, 0.6) is 0 Å². The number of non-ortho nitro benzene ring substituents is 1. The van der Waals surface area contributed by atoms with Gasteiger partial charge in [0.25, 0.3) is 5.69 Å². The van der Waals surface area contributed by atoms with E-state index in [2.05, 4.69) is 10.2 Å². The number of aromatic nitrogens is 3. The number of carbonyl (C=O) groups is 1. The number of rotatable bonds is 7. The molecule has 148 valence electrons. The molecule has 0 amide bonds. The Hall–Kier alpha value is -3.78. The van der Waals surface area contributed by atoms with Crippen LogP contribution in [0.4, 0.5) is 5.69 Å². The highest BCUT2D eigenvalue weighted by atomic mass is 32.2. The van der Waals surface area contributed by atoms with E-state index in [1.807, 2.05) is 53.1 Å². The van der Waals surface area contributed by atoms with E-state index in [1.54, 1.807) is 24.3 Å². The molecule has 4 aromatic rings. The minimum absolute atomic E-state index is 0.0000904. The minimum atomic E-state index is -0.442. The van der Waals surface area contributed by atoms with Gasteiger partial charge in [-0.05, 0) is 24.3 Å². The van der Waals surface area contributed by atoms with Gasteiger partial charge in [0.15, 0.2) is 16.8 Å². The highest BCUT2D eigenvalue weighted by Crippen LogP contribution is 2.29. The van der Waals surface area contributed by atoms with Crippen LogP contribution in [-0.4, -0.2) is 31.2 Å². The molecule has 8 heteroatoms. The Morgan fingerprint density at radius 1 is 0.900 bits per heavy atom. The molecule has 0 atom stereocenters. The van der Waals surface area contributed by atoms with E-state index in [1.165, 1.54) is 23.9 Å². The van der Waals surface area contributed by atoms with Crippen molar-refractivity contribution in [3.63, 3.8) is 0 Å². The lowest BCUT2D eigenvalue weighted by molar-refractivity contribution is -0.384. The summed E-state index contributed by atoms with van der Waals surface area (Å²) < 4.78 is 1.85. The number of hydrogen-bond acceptors (Lipinski definition) is 6. The number of ketones is 1. The second-order valence-corrected chi connectivity index (χ2v) is 7.30. The molecule has 0 unspecified atom stereocenters. The van der Waals surface area contributed by atoms with Gasteiger partial charge < -0.3 is 0 Å². The summed E-state index contributed by atoms with van der Waals surface area (Å²) >= 11 is 1.30. The Balaban J connectivity index is 1.67. The van der Waals surface area contributed by atoms with Crippen LogP contribution in [-0.2, 0) is 0 Å². The number of benzene rings is 3. The number of nitro benzene ring substituents is 1. The Morgan fingerprint density at radius 2 is 1.53 bits per heavy atom. The largest absolute Gasteiger partial charge is 0.293 e. The van der Waals surface area contributed by atoms with E-state index in [-0.39, 0.29) is 17.2 Å². The van der Waals surface area contributed by atoms with Crippen molar-refractivity contribution in [1.82, 2.24) is 14.8 Å². The summed E-state index contributed by atoms with van der Waals surface area (Å²) in [5.41, 5.74) is 2.18. The van der Waals surface area contributed by atoms with E-state index >= 15 is 0 Å². The van der Waals surface area contributed by atoms with Crippen LogP contribution in [0.1, 0.15) is 10.4 Å². The van der Waals surface area contributed by atoms with Crippen molar-refractivity contribution < 1.29 is 9.72 Å². The third-order valence-electron chi connectivity index (χ3n) is 4.41. The number of thioether (sulfide) groups is 1. The molecule has 0 aliphatic carbocycles. The average molecular weight is 416 g/mol. The summed E-state index contributed by atoms with van der Waals surface area (Å²) in [5, 5.41) is 20.1. The molecule has 4 rings (SSSR count). The number of nitro groups is 1. The fourth-order valence-electron chi connectivity index (χ4n) is 2.93. The molecule has 0 N–H and O–H groups in total. The lowest BCUT2D eigenvalue weighted by Gasteiger charge is -2.10. The summed E-state index contributed by atoms with van der Waals surface area (Å²) in [6.45, 7) is 0. The van der Waals surface area contributed by atoms with Gasteiger partial charge in [-0.15, -0.1) is 10.2 Å². The molecular weight excluding hydrogens is 400 g/mol. The van der Waals surface area contributed by atoms with Crippen molar-refractivity contribution in [3.05, 3.63) is 101 Å². The van der Waals surface area contributed by atoms with Gasteiger partial charge in [-0.25, -0.2) is 0 Å². The summed E-state index contributed by atoms with van der Waals surface area (Å²) in [7, 11) is 0. The van der Waals surface area contributed by atoms with Crippen LogP contribution in [0.3, 0.4) is 0 Å². The van der Waals surface area contributed by atoms with E-state index in [4.69, 9.17) is 0 Å². The van der Waals surface area contributed by atoms with Gasteiger partial charge in [0.1, 0.15) is 0 Å². The van der Waals surface area contributed by atoms with Gasteiger partial charge in [0, 0.05) is 28.9 Å². The van der Waals surface area contributed by atoms with E-state index in [9.17, 15) is 14.9 Å². The van der Waals surface area contributed by atoms with E-state index < -0.39 is 4.92 Å². The number of hydrogen-bond donors (Lipinski definition) is 0. The molecule has 0 saturated heterocycles. The monoisotopic (exact) mass is 416 g/mol. The molecule has 30 heavy (non-hydrogen) atoms. The average Bonchev–Trinajstić information content (AvgIpc) is 3.22. The number of Topliss-reactive ketones (excluding diaryl/α,β-unsaturated/α-hetero) is 1. The zero-order chi connectivity index (χ0) is 20.9. The van der Waals surface area contributed by atoms with Crippen LogP contribution in [0.15, 0.2) is 90.1 Å². The maximum atomic E-state index is 12.5. The lowest BCUT2D eigenvalue weighted by atomic mass is 10.2. The molecule has 3 aromatic carbocycles. The number of carbonyl (C=O) groups excluding carboxylic acids is 1. The van der Waals surface area contributed by atoms with Gasteiger partial charge in [0.2, 0.25) is 0 Å². The maximum absolute atomic E-state index is 12.5. The van der Waals surface area contributed by atoms with Crippen LogP contribution in [0, 0.1) is 10.1 Å². The summed E-state index contributed by atoms with van der Waals surface area (Å²) in [6, 6.07) is 24.8. The SMILES string of the molecule is O=C(CSc1nnc(-c2ccc([N+](=O)[O-])cc2)n1-c1ccccc1)c1ccccc1. The Morgan fingerprint density at radius 3 is 2.17 bits per heavy atom. The lowest BCUT2D eigenvalue weighted by Crippen LogP contribution is -2.04. The van der Waals surface area contributed by atoms with Crippen molar-refractivity contribution >= 4 is 23.2 Å². The highest BCUT2D eigenvalue weighted by molar-refractivity contribution is 7.99. The van der Waals surface area contributed by atoms with Crippen molar-refractivity contribution in [2.75, 3.05) is 5.75 Å². The third kappa shape index (κ3) is 4.13. The molecule has 0 spiro atoms. The van der Waals surface area contributed by atoms with Gasteiger partial charge in [0.05, 0.1) is 10.7 Å². The second-order valence-electron chi connectivity index (χ2n) is 6.36. The first-order chi connectivity index (χ1) is 14.6. The topological polar surface area (TPSA) is 90.9 Å².